The number of halogens is 2. The van der Waals surface area contributed by atoms with Crippen LogP contribution in [0.15, 0.2) is 22.7 Å². The van der Waals surface area contributed by atoms with Gasteiger partial charge in [-0.05, 0) is 55.5 Å². The second kappa shape index (κ2) is 7.53. The smallest absolute Gasteiger partial charge is 0.142 e. The van der Waals surface area contributed by atoms with Crippen LogP contribution in [0.25, 0.3) is 0 Å². The largest absolute Gasteiger partial charge is 0.311 e. The van der Waals surface area contributed by atoms with E-state index in [-0.39, 0.29) is 17.4 Å². The molecule has 1 aromatic rings. The molecule has 0 saturated carbocycles. The molecule has 0 spiro atoms. The van der Waals surface area contributed by atoms with Gasteiger partial charge in [0.1, 0.15) is 5.82 Å². The van der Waals surface area contributed by atoms with Crippen LogP contribution in [0.2, 0.25) is 0 Å². The Morgan fingerprint density at radius 2 is 1.90 bits per heavy atom. The monoisotopic (exact) mass is 344 g/mol. The fourth-order valence-corrected chi connectivity index (χ4v) is 3.48. The van der Waals surface area contributed by atoms with Crippen molar-refractivity contribution in [2.24, 2.45) is 0 Å². The minimum Gasteiger partial charge on any atom is -0.311 e. The van der Waals surface area contributed by atoms with Gasteiger partial charge < -0.3 is 5.32 Å². The number of benzene rings is 1. The lowest BCUT2D eigenvalue weighted by Crippen LogP contribution is -2.54. The Bertz CT molecular complexity index is 434. The average Bonchev–Trinajstić information content (AvgIpc) is 2.45. The molecule has 2 unspecified atom stereocenters. The molecule has 0 fully saturated rings. The lowest BCUT2D eigenvalue weighted by molar-refractivity contribution is 0.0714. The highest BCUT2D eigenvalue weighted by atomic mass is 79.9. The van der Waals surface area contributed by atoms with Crippen molar-refractivity contribution in [3.05, 3.63) is 34.1 Å². The molecule has 0 amide bonds. The third-order valence-corrected chi connectivity index (χ3v) is 5.02. The highest BCUT2D eigenvalue weighted by Gasteiger charge is 2.38. The molecule has 1 aromatic carbocycles. The van der Waals surface area contributed by atoms with Crippen molar-refractivity contribution in [1.29, 1.82) is 0 Å². The van der Waals surface area contributed by atoms with Gasteiger partial charge in [-0.3, -0.25) is 4.90 Å². The zero-order valence-electron chi connectivity index (χ0n) is 13.1. The number of hydrogen-bond acceptors (Lipinski definition) is 2. The van der Waals surface area contributed by atoms with Crippen LogP contribution >= 0.6 is 15.9 Å². The predicted octanol–water partition coefficient (Wildman–Crippen LogP) is 4.36. The summed E-state index contributed by atoms with van der Waals surface area (Å²) in [7, 11) is 1.91. The normalized spacial score (nSPS) is 16.2. The minimum atomic E-state index is -0.168. The molecule has 2 atom stereocenters. The molecular weight excluding hydrogens is 319 g/mol. The quantitative estimate of drug-likeness (QED) is 0.790. The van der Waals surface area contributed by atoms with Gasteiger partial charge in [-0.2, -0.15) is 0 Å². The van der Waals surface area contributed by atoms with E-state index in [0.29, 0.717) is 4.47 Å². The molecule has 0 aliphatic heterocycles. The van der Waals surface area contributed by atoms with Crippen molar-refractivity contribution in [3.8, 4) is 0 Å². The Morgan fingerprint density at radius 1 is 1.30 bits per heavy atom. The maximum absolute atomic E-state index is 14.5. The fraction of sp³-hybridized carbons (Fsp3) is 0.625. The van der Waals surface area contributed by atoms with Crippen LogP contribution in [0.5, 0.6) is 0 Å². The van der Waals surface area contributed by atoms with Crippen LogP contribution in [0.4, 0.5) is 4.39 Å². The van der Waals surface area contributed by atoms with Crippen LogP contribution < -0.4 is 5.32 Å². The van der Waals surface area contributed by atoms with Gasteiger partial charge >= 0.3 is 0 Å². The average molecular weight is 345 g/mol. The van der Waals surface area contributed by atoms with E-state index < -0.39 is 0 Å². The molecule has 0 radical (unpaired) electrons. The summed E-state index contributed by atoms with van der Waals surface area (Å²) in [6, 6.07) is 5.46. The zero-order valence-corrected chi connectivity index (χ0v) is 14.7. The number of hydrogen-bond donors (Lipinski definition) is 1. The van der Waals surface area contributed by atoms with Gasteiger partial charge in [0.15, 0.2) is 0 Å². The molecule has 4 heteroatoms. The molecule has 1 N–H and O–H groups in total. The molecule has 114 valence electrons. The van der Waals surface area contributed by atoms with Crippen molar-refractivity contribution >= 4 is 15.9 Å². The summed E-state index contributed by atoms with van der Waals surface area (Å²) in [5, 5.41) is 3.32. The molecule has 2 nitrogen and oxygen atoms in total. The third-order valence-electron chi connectivity index (χ3n) is 4.40. The topological polar surface area (TPSA) is 15.3 Å². The lowest BCUT2D eigenvalue weighted by Gasteiger charge is -2.46. The molecule has 1 rings (SSSR count). The van der Waals surface area contributed by atoms with E-state index in [0.717, 1.165) is 25.1 Å². The number of likely N-dealkylation sites (N-methyl/N-ethyl adjacent to an activating group) is 2. The van der Waals surface area contributed by atoms with Gasteiger partial charge in [-0.25, -0.2) is 4.39 Å². The third kappa shape index (κ3) is 3.23. The van der Waals surface area contributed by atoms with Gasteiger partial charge in [-0.1, -0.05) is 32.9 Å². The SMILES string of the molecule is CCN(CC)C(C)(CC)C(NC)c1cccc(Br)c1F. The molecule has 0 aromatic heterocycles. The van der Waals surface area contributed by atoms with E-state index in [4.69, 9.17) is 0 Å². The first-order valence-corrected chi connectivity index (χ1v) is 8.11. The molecule has 20 heavy (non-hydrogen) atoms. The van der Waals surface area contributed by atoms with Crippen LogP contribution in [0.3, 0.4) is 0 Å². The highest BCUT2D eigenvalue weighted by molar-refractivity contribution is 9.10. The van der Waals surface area contributed by atoms with E-state index >= 15 is 0 Å². The van der Waals surface area contributed by atoms with Crippen molar-refractivity contribution in [2.45, 2.75) is 45.7 Å². The van der Waals surface area contributed by atoms with Gasteiger partial charge in [-0.15, -0.1) is 0 Å². The second-order valence-corrected chi connectivity index (χ2v) is 6.10. The van der Waals surface area contributed by atoms with Gasteiger partial charge in [0, 0.05) is 11.1 Å². The van der Waals surface area contributed by atoms with Crippen LogP contribution in [0.1, 0.15) is 45.7 Å². The van der Waals surface area contributed by atoms with E-state index in [1.54, 1.807) is 6.07 Å². The van der Waals surface area contributed by atoms with Crippen LogP contribution in [-0.2, 0) is 0 Å². The number of nitrogens with zero attached hydrogens (tertiary/aromatic N) is 1. The molecule has 0 heterocycles. The Hall–Kier alpha value is -0.450. The van der Waals surface area contributed by atoms with E-state index in [1.165, 1.54) is 0 Å². The summed E-state index contributed by atoms with van der Waals surface area (Å²) < 4.78 is 15.0. The summed E-state index contributed by atoms with van der Waals surface area (Å²) in [5.41, 5.74) is 0.595. The Morgan fingerprint density at radius 3 is 2.35 bits per heavy atom. The molecule has 0 aliphatic rings. The van der Waals surface area contributed by atoms with Crippen molar-refractivity contribution in [1.82, 2.24) is 10.2 Å². The Kier molecular flexibility index (Phi) is 6.62. The standard InChI is InChI=1S/C16H26BrFN2/c1-6-16(4,20(7-2)8-3)15(19-5)12-10-9-11-13(17)14(12)18/h9-11,15,19H,6-8H2,1-5H3. The summed E-state index contributed by atoms with van der Waals surface area (Å²) in [6.45, 7) is 10.6. The van der Waals surface area contributed by atoms with Crippen molar-refractivity contribution in [3.63, 3.8) is 0 Å². The summed E-state index contributed by atoms with van der Waals surface area (Å²) in [4.78, 5) is 2.40. The van der Waals surface area contributed by atoms with Gasteiger partial charge in [0.05, 0.1) is 10.5 Å². The number of rotatable bonds is 7. The van der Waals surface area contributed by atoms with E-state index in [9.17, 15) is 4.39 Å². The second-order valence-electron chi connectivity index (χ2n) is 5.25. The summed E-state index contributed by atoms with van der Waals surface area (Å²) in [5.74, 6) is -0.168. The van der Waals surface area contributed by atoms with Gasteiger partial charge in [0.2, 0.25) is 0 Å². The predicted molar refractivity (Wildman–Crippen MR) is 87.5 cm³/mol. The first-order chi connectivity index (χ1) is 9.46. The Balaban J connectivity index is 3.31. The van der Waals surface area contributed by atoms with E-state index in [1.807, 2.05) is 19.2 Å². The maximum atomic E-state index is 14.5. The lowest BCUT2D eigenvalue weighted by atomic mass is 9.82. The minimum absolute atomic E-state index is 0.0510. The first-order valence-electron chi connectivity index (χ1n) is 7.32. The maximum Gasteiger partial charge on any atom is 0.142 e. The first kappa shape index (κ1) is 17.6. The van der Waals surface area contributed by atoms with Crippen LogP contribution in [0, 0.1) is 5.82 Å². The summed E-state index contributed by atoms with van der Waals surface area (Å²) in [6.07, 6.45) is 0.951. The molecule has 0 bridgehead atoms. The van der Waals surface area contributed by atoms with Gasteiger partial charge in [0.25, 0.3) is 0 Å². The zero-order chi connectivity index (χ0) is 15.3. The highest BCUT2D eigenvalue weighted by Crippen LogP contribution is 2.36. The Labute approximate surface area is 130 Å². The van der Waals surface area contributed by atoms with Crippen LogP contribution in [-0.4, -0.2) is 30.6 Å². The molecular formula is C16H26BrFN2. The fourth-order valence-electron chi connectivity index (χ4n) is 3.10. The van der Waals surface area contributed by atoms with Crippen molar-refractivity contribution in [2.75, 3.05) is 20.1 Å². The summed E-state index contributed by atoms with van der Waals surface area (Å²) >= 11 is 3.29. The molecule has 0 saturated heterocycles. The van der Waals surface area contributed by atoms with Crippen molar-refractivity contribution < 1.29 is 4.39 Å². The number of nitrogens with one attached hydrogen (secondary N) is 1. The molecule has 0 aliphatic carbocycles. The van der Waals surface area contributed by atoms with E-state index in [2.05, 4.69) is 53.8 Å².